The lowest BCUT2D eigenvalue weighted by molar-refractivity contribution is 1.10. The Balaban J connectivity index is 2.54. The topological polar surface area (TPSA) is 41.6 Å². The molecule has 0 spiro atoms. The number of hydrogen-bond donors (Lipinski definition) is 1. The summed E-state index contributed by atoms with van der Waals surface area (Å²) in [5, 5.41) is 6.75. The average molecular weight is 179 g/mol. The minimum Gasteiger partial charge on any atom is -0.265 e. The Morgan fingerprint density at radius 2 is 2.25 bits per heavy atom. The molecule has 12 heavy (non-hydrogen) atoms. The largest absolute Gasteiger partial charge is 0.265 e. The van der Waals surface area contributed by atoms with Gasteiger partial charge >= 0.3 is 0 Å². The second kappa shape index (κ2) is 2.71. The van der Waals surface area contributed by atoms with E-state index in [4.69, 9.17) is 0 Å². The third-order valence-electron chi connectivity index (χ3n) is 1.66. The number of H-pyrrole nitrogens is 1. The van der Waals surface area contributed by atoms with Crippen molar-refractivity contribution in [2.75, 3.05) is 0 Å². The third kappa shape index (κ3) is 1.14. The van der Waals surface area contributed by atoms with Gasteiger partial charge in [-0.2, -0.15) is 5.10 Å². The molecule has 62 valence electrons. The minimum absolute atomic E-state index is 0.797. The number of rotatable bonds is 1. The van der Waals surface area contributed by atoms with Crippen LogP contribution in [0.2, 0.25) is 0 Å². The zero-order valence-electron chi connectivity index (χ0n) is 6.96. The lowest BCUT2D eigenvalue weighted by Crippen LogP contribution is -1.77. The van der Waals surface area contributed by atoms with E-state index in [9.17, 15) is 0 Å². The van der Waals surface area contributed by atoms with Gasteiger partial charge in [0.15, 0.2) is 5.82 Å². The molecule has 2 rings (SSSR count). The van der Waals surface area contributed by atoms with Crippen molar-refractivity contribution in [1.82, 2.24) is 15.2 Å². The van der Waals surface area contributed by atoms with E-state index in [0.717, 1.165) is 10.7 Å². The van der Waals surface area contributed by atoms with Gasteiger partial charge in [0, 0.05) is 4.88 Å². The van der Waals surface area contributed by atoms with E-state index in [1.807, 2.05) is 0 Å². The number of thiophene rings is 1. The molecule has 0 aliphatic carbocycles. The van der Waals surface area contributed by atoms with Gasteiger partial charge in [0.1, 0.15) is 6.33 Å². The van der Waals surface area contributed by atoms with Crippen molar-refractivity contribution < 1.29 is 0 Å². The molecule has 2 aromatic heterocycles. The van der Waals surface area contributed by atoms with E-state index < -0.39 is 0 Å². The SMILES string of the molecule is Cc1cc(C)c(-c2nc[nH]n2)s1. The van der Waals surface area contributed by atoms with Crippen LogP contribution in [-0.2, 0) is 0 Å². The maximum absolute atomic E-state index is 4.10. The molecule has 0 amide bonds. The molecule has 0 bridgehead atoms. The Morgan fingerprint density at radius 1 is 1.42 bits per heavy atom. The molecular weight excluding hydrogens is 170 g/mol. The molecule has 2 aromatic rings. The lowest BCUT2D eigenvalue weighted by Gasteiger charge is -1.88. The Hall–Kier alpha value is -1.16. The molecule has 0 fully saturated rings. The fraction of sp³-hybridized carbons (Fsp3) is 0.250. The molecule has 1 N–H and O–H groups in total. The van der Waals surface area contributed by atoms with Crippen LogP contribution in [0.5, 0.6) is 0 Å². The van der Waals surface area contributed by atoms with Gasteiger partial charge in [-0.25, -0.2) is 4.98 Å². The van der Waals surface area contributed by atoms with Gasteiger partial charge in [0.2, 0.25) is 0 Å². The van der Waals surface area contributed by atoms with E-state index in [-0.39, 0.29) is 0 Å². The van der Waals surface area contributed by atoms with E-state index in [1.54, 1.807) is 17.7 Å². The number of hydrogen-bond acceptors (Lipinski definition) is 3. The number of nitrogens with one attached hydrogen (secondary N) is 1. The predicted molar refractivity (Wildman–Crippen MR) is 49.2 cm³/mol. The van der Waals surface area contributed by atoms with Crippen LogP contribution in [0.15, 0.2) is 12.4 Å². The summed E-state index contributed by atoms with van der Waals surface area (Å²) in [7, 11) is 0. The number of nitrogens with zero attached hydrogens (tertiary/aromatic N) is 2. The normalized spacial score (nSPS) is 10.5. The van der Waals surface area contributed by atoms with Gasteiger partial charge in [-0.3, -0.25) is 5.10 Å². The van der Waals surface area contributed by atoms with Gasteiger partial charge in [0.05, 0.1) is 4.88 Å². The summed E-state index contributed by atoms with van der Waals surface area (Å²) in [5.41, 5.74) is 1.25. The fourth-order valence-corrected chi connectivity index (χ4v) is 2.15. The molecule has 0 atom stereocenters. The van der Waals surface area contributed by atoms with Gasteiger partial charge in [-0.1, -0.05) is 0 Å². The molecule has 0 saturated carbocycles. The zero-order chi connectivity index (χ0) is 8.55. The third-order valence-corrected chi connectivity index (χ3v) is 2.81. The van der Waals surface area contributed by atoms with Crippen LogP contribution in [0.25, 0.3) is 10.7 Å². The highest BCUT2D eigenvalue weighted by molar-refractivity contribution is 7.15. The van der Waals surface area contributed by atoms with E-state index in [1.165, 1.54) is 10.4 Å². The summed E-state index contributed by atoms with van der Waals surface area (Å²) in [6, 6.07) is 2.15. The number of aromatic nitrogens is 3. The lowest BCUT2D eigenvalue weighted by atomic mass is 10.2. The maximum atomic E-state index is 4.10. The van der Waals surface area contributed by atoms with Crippen LogP contribution < -0.4 is 0 Å². The standard InChI is InChI=1S/C8H9N3S/c1-5-3-6(2)12-7(5)8-9-4-10-11-8/h3-4H,1-2H3,(H,9,10,11). The molecule has 2 heterocycles. The van der Waals surface area contributed by atoms with Crippen LogP contribution in [0.1, 0.15) is 10.4 Å². The Morgan fingerprint density at radius 3 is 2.75 bits per heavy atom. The maximum Gasteiger partial charge on any atom is 0.191 e. The first-order valence-corrected chi connectivity index (χ1v) is 4.52. The smallest absolute Gasteiger partial charge is 0.191 e. The highest BCUT2D eigenvalue weighted by Crippen LogP contribution is 2.28. The first-order valence-electron chi connectivity index (χ1n) is 3.70. The highest BCUT2D eigenvalue weighted by atomic mass is 32.1. The van der Waals surface area contributed by atoms with Crippen molar-refractivity contribution >= 4 is 11.3 Å². The second-order valence-corrected chi connectivity index (χ2v) is 3.95. The van der Waals surface area contributed by atoms with Crippen molar-refractivity contribution in [3.63, 3.8) is 0 Å². The van der Waals surface area contributed by atoms with Gasteiger partial charge in [-0.15, -0.1) is 11.3 Å². The van der Waals surface area contributed by atoms with Crippen molar-refractivity contribution in [3.8, 4) is 10.7 Å². The van der Waals surface area contributed by atoms with Crippen molar-refractivity contribution in [2.45, 2.75) is 13.8 Å². The quantitative estimate of drug-likeness (QED) is 0.728. The average Bonchev–Trinajstić information content (AvgIpc) is 2.58. The van der Waals surface area contributed by atoms with Gasteiger partial charge in [0.25, 0.3) is 0 Å². The van der Waals surface area contributed by atoms with E-state index >= 15 is 0 Å². The van der Waals surface area contributed by atoms with Gasteiger partial charge in [-0.05, 0) is 25.5 Å². The molecular formula is C8H9N3S. The van der Waals surface area contributed by atoms with Crippen LogP contribution in [0, 0.1) is 13.8 Å². The van der Waals surface area contributed by atoms with Gasteiger partial charge < -0.3 is 0 Å². The van der Waals surface area contributed by atoms with Crippen molar-refractivity contribution in [1.29, 1.82) is 0 Å². The molecule has 0 aliphatic rings. The Kier molecular flexibility index (Phi) is 1.69. The first-order chi connectivity index (χ1) is 5.77. The summed E-state index contributed by atoms with van der Waals surface area (Å²) in [5.74, 6) is 0.797. The molecule has 0 aromatic carbocycles. The van der Waals surface area contributed by atoms with Crippen LogP contribution >= 0.6 is 11.3 Å². The second-order valence-electron chi connectivity index (χ2n) is 2.69. The first kappa shape index (κ1) is 7.49. The zero-order valence-corrected chi connectivity index (χ0v) is 7.77. The number of aryl methyl sites for hydroxylation is 2. The van der Waals surface area contributed by atoms with Crippen LogP contribution in [0.4, 0.5) is 0 Å². The van der Waals surface area contributed by atoms with Crippen molar-refractivity contribution in [2.24, 2.45) is 0 Å². The molecule has 0 radical (unpaired) electrons. The van der Waals surface area contributed by atoms with Crippen LogP contribution in [-0.4, -0.2) is 15.2 Å². The van der Waals surface area contributed by atoms with Crippen molar-refractivity contribution in [3.05, 3.63) is 22.8 Å². The summed E-state index contributed by atoms with van der Waals surface area (Å²) < 4.78 is 0. The Bertz CT molecular complexity index is 375. The van der Waals surface area contributed by atoms with E-state index in [0.29, 0.717) is 0 Å². The monoisotopic (exact) mass is 179 g/mol. The molecule has 0 aliphatic heterocycles. The molecule has 4 heteroatoms. The molecule has 0 unspecified atom stereocenters. The summed E-state index contributed by atoms with van der Waals surface area (Å²) in [6.45, 7) is 4.17. The predicted octanol–water partition coefficient (Wildman–Crippen LogP) is 2.15. The minimum atomic E-state index is 0.797. The molecule has 3 nitrogen and oxygen atoms in total. The summed E-state index contributed by atoms with van der Waals surface area (Å²) in [4.78, 5) is 6.56. The summed E-state index contributed by atoms with van der Waals surface area (Å²) >= 11 is 1.73. The molecule has 0 saturated heterocycles. The highest BCUT2D eigenvalue weighted by Gasteiger charge is 2.07. The van der Waals surface area contributed by atoms with E-state index in [2.05, 4.69) is 35.1 Å². The Labute approximate surface area is 74.5 Å². The number of aromatic amines is 1. The summed E-state index contributed by atoms with van der Waals surface area (Å²) in [6.07, 6.45) is 1.60. The van der Waals surface area contributed by atoms with Crippen LogP contribution in [0.3, 0.4) is 0 Å². The fourth-order valence-electron chi connectivity index (χ4n) is 1.18.